The minimum atomic E-state index is -0.234. The van der Waals surface area contributed by atoms with Gasteiger partial charge in [0.15, 0.2) is 0 Å². The predicted molar refractivity (Wildman–Crippen MR) is 89.5 cm³/mol. The van der Waals surface area contributed by atoms with Crippen molar-refractivity contribution in [2.45, 2.75) is 19.5 Å². The lowest BCUT2D eigenvalue weighted by Gasteiger charge is -2.37. The van der Waals surface area contributed by atoms with E-state index >= 15 is 0 Å². The van der Waals surface area contributed by atoms with Crippen molar-refractivity contribution in [2.75, 3.05) is 26.2 Å². The average Bonchev–Trinajstić information content (AvgIpc) is 2.55. The van der Waals surface area contributed by atoms with Crippen LogP contribution in [0.1, 0.15) is 12.5 Å². The lowest BCUT2D eigenvalue weighted by molar-refractivity contribution is -0.123. The summed E-state index contributed by atoms with van der Waals surface area (Å²) in [5, 5.41) is 2.62. The summed E-state index contributed by atoms with van der Waals surface area (Å²) in [6.07, 6.45) is 0. The van der Waals surface area contributed by atoms with Crippen LogP contribution in [0.4, 0.5) is 0 Å². The Morgan fingerprint density at radius 2 is 1.77 bits per heavy atom. The first-order valence-electron chi connectivity index (χ1n) is 7.87. The summed E-state index contributed by atoms with van der Waals surface area (Å²) >= 11 is 0. The Morgan fingerprint density at radius 1 is 1.09 bits per heavy atom. The number of carbonyl (C=O) groups is 1. The third-order valence-electron chi connectivity index (χ3n) is 4.64. The molecule has 0 aromatic heterocycles. The van der Waals surface area contributed by atoms with Gasteiger partial charge in [0.25, 0.3) is 0 Å². The SMILES string of the molecule is C[C@H](C(N)=O)N1CCN(Cc2cccc3ccccc23)CC1. The minimum absolute atomic E-state index is 0.167. The Morgan fingerprint density at radius 3 is 2.50 bits per heavy atom. The molecule has 0 saturated carbocycles. The van der Waals surface area contributed by atoms with Crippen molar-refractivity contribution in [1.82, 2.24) is 9.80 Å². The molecule has 1 fully saturated rings. The molecule has 2 aromatic rings. The molecule has 0 bridgehead atoms. The third-order valence-corrected chi connectivity index (χ3v) is 4.64. The van der Waals surface area contributed by atoms with Gasteiger partial charge in [0.2, 0.25) is 5.91 Å². The first kappa shape index (κ1) is 15.0. The predicted octanol–water partition coefficient (Wildman–Crippen LogP) is 1.83. The molecule has 1 heterocycles. The second-order valence-electron chi connectivity index (χ2n) is 6.03. The maximum absolute atomic E-state index is 11.3. The molecule has 116 valence electrons. The van der Waals surface area contributed by atoms with Crippen molar-refractivity contribution < 1.29 is 4.79 Å². The second kappa shape index (κ2) is 6.46. The van der Waals surface area contributed by atoms with Gasteiger partial charge in [-0.25, -0.2) is 0 Å². The number of hydrogen-bond donors (Lipinski definition) is 1. The molecule has 0 radical (unpaired) electrons. The van der Waals surface area contributed by atoms with Gasteiger partial charge in [-0.3, -0.25) is 14.6 Å². The van der Waals surface area contributed by atoms with Gasteiger partial charge >= 0.3 is 0 Å². The molecular weight excluding hydrogens is 274 g/mol. The zero-order valence-electron chi connectivity index (χ0n) is 13.0. The van der Waals surface area contributed by atoms with E-state index in [1.165, 1.54) is 16.3 Å². The first-order valence-corrected chi connectivity index (χ1v) is 7.87. The van der Waals surface area contributed by atoms with Crippen LogP contribution in [-0.4, -0.2) is 47.9 Å². The maximum atomic E-state index is 11.3. The molecule has 22 heavy (non-hydrogen) atoms. The van der Waals surface area contributed by atoms with Crippen LogP contribution in [0.2, 0.25) is 0 Å². The van der Waals surface area contributed by atoms with Crippen molar-refractivity contribution in [2.24, 2.45) is 5.73 Å². The second-order valence-corrected chi connectivity index (χ2v) is 6.03. The van der Waals surface area contributed by atoms with E-state index < -0.39 is 0 Å². The maximum Gasteiger partial charge on any atom is 0.234 e. The quantitative estimate of drug-likeness (QED) is 0.936. The average molecular weight is 297 g/mol. The molecule has 2 aromatic carbocycles. The topological polar surface area (TPSA) is 49.6 Å². The van der Waals surface area contributed by atoms with E-state index in [1.807, 2.05) is 6.92 Å². The van der Waals surface area contributed by atoms with Gasteiger partial charge in [0.05, 0.1) is 6.04 Å². The number of piperazine rings is 1. The van der Waals surface area contributed by atoms with Crippen LogP contribution in [0, 0.1) is 0 Å². The number of carbonyl (C=O) groups excluding carboxylic acids is 1. The molecule has 1 aliphatic rings. The van der Waals surface area contributed by atoms with Crippen LogP contribution in [0.3, 0.4) is 0 Å². The van der Waals surface area contributed by atoms with E-state index in [2.05, 4.69) is 52.3 Å². The fourth-order valence-corrected chi connectivity index (χ4v) is 3.16. The lowest BCUT2D eigenvalue weighted by atomic mass is 10.0. The summed E-state index contributed by atoms with van der Waals surface area (Å²) < 4.78 is 0. The summed E-state index contributed by atoms with van der Waals surface area (Å²) in [5.74, 6) is -0.234. The smallest absolute Gasteiger partial charge is 0.234 e. The van der Waals surface area contributed by atoms with E-state index in [0.29, 0.717) is 0 Å². The van der Waals surface area contributed by atoms with Crippen molar-refractivity contribution in [1.29, 1.82) is 0 Å². The van der Waals surface area contributed by atoms with E-state index in [4.69, 9.17) is 5.73 Å². The Bertz CT molecular complexity index is 657. The highest BCUT2D eigenvalue weighted by molar-refractivity contribution is 5.85. The molecule has 4 nitrogen and oxygen atoms in total. The van der Waals surface area contributed by atoms with Crippen molar-refractivity contribution >= 4 is 16.7 Å². The fourth-order valence-electron chi connectivity index (χ4n) is 3.16. The zero-order valence-corrected chi connectivity index (χ0v) is 13.0. The van der Waals surface area contributed by atoms with E-state index in [9.17, 15) is 4.79 Å². The highest BCUT2D eigenvalue weighted by atomic mass is 16.1. The molecule has 1 saturated heterocycles. The largest absolute Gasteiger partial charge is 0.368 e. The van der Waals surface area contributed by atoms with Crippen molar-refractivity contribution in [3.05, 3.63) is 48.0 Å². The summed E-state index contributed by atoms with van der Waals surface area (Å²) in [4.78, 5) is 15.9. The molecule has 2 N–H and O–H groups in total. The number of fused-ring (bicyclic) bond motifs is 1. The highest BCUT2D eigenvalue weighted by Crippen LogP contribution is 2.20. The molecule has 0 spiro atoms. The summed E-state index contributed by atoms with van der Waals surface area (Å²) in [7, 11) is 0. The monoisotopic (exact) mass is 297 g/mol. The lowest BCUT2D eigenvalue weighted by Crippen LogP contribution is -2.52. The van der Waals surface area contributed by atoms with E-state index in [-0.39, 0.29) is 11.9 Å². The summed E-state index contributed by atoms with van der Waals surface area (Å²) in [6.45, 7) is 6.59. The van der Waals surface area contributed by atoms with Crippen LogP contribution in [0.15, 0.2) is 42.5 Å². The normalized spacial score (nSPS) is 18.4. The third kappa shape index (κ3) is 3.13. The van der Waals surface area contributed by atoms with Gasteiger partial charge in [-0.2, -0.15) is 0 Å². The number of hydrogen-bond acceptors (Lipinski definition) is 3. The van der Waals surface area contributed by atoms with Gasteiger partial charge in [-0.1, -0.05) is 42.5 Å². The van der Waals surface area contributed by atoms with Gasteiger partial charge in [0.1, 0.15) is 0 Å². The number of rotatable bonds is 4. The Balaban J connectivity index is 1.66. The molecule has 1 aliphatic heterocycles. The fraction of sp³-hybridized carbons (Fsp3) is 0.389. The van der Waals surface area contributed by atoms with Gasteiger partial charge in [0, 0.05) is 32.7 Å². The summed E-state index contributed by atoms with van der Waals surface area (Å²) in [6, 6.07) is 14.9. The Labute approximate surface area is 131 Å². The van der Waals surface area contributed by atoms with E-state index in [0.717, 1.165) is 32.7 Å². The molecule has 3 rings (SSSR count). The molecule has 0 aliphatic carbocycles. The number of nitrogens with zero attached hydrogens (tertiary/aromatic N) is 2. The standard InChI is InChI=1S/C18H23N3O/c1-14(18(19)22)21-11-9-20(10-12-21)13-16-7-4-6-15-5-2-3-8-17(15)16/h2-8,14H,9-13H2,1H3,(H2,19,22)/t14-/m1/s1. The van der Waals surface area contributed by atoms with Gasteiger partial charge < -0.3 is 5.73 Å². The molecular formula is C18H23N3O. The van der Waals surface area contributed by atoms with Gasteiger partial charge in [-0.05, 0) is 23.3 Å². The summed E-state index contributed by atoms with van der Waals surface area (Å²) in [5.41, 5.74) is 6.76. The van der Waals surface area contributed by atoms with Crippen LogP contribution in [0.25, 0.3) is 10.8 Å². The zero-order chi connectivity index (χ0) is 15.5. The van der Waals surface area contributed by atoms with Gasteiger partial charge in [-0.15, -0.1) is 0 Å². The van der Waals surface area contributed by atoms with Crippen LogP contribution in [-0.2, 0) is 11.3 Å². The first-order chi connectivity index (χ1) is 10.6. The Kier molecular flexibility index (Phi) is 4.41. The minimum Gasteiger partial charge on any atom is -0.368 e. The van der Waals surface area contributed by atoms with Crippen LogP contribution >= 0.6 is 0 Å². The Hall–Kier alpha value is -1.91. The molecule has 0 unspecified atom stereocenters. The number of nitrogens with two attached hydrogens (primary N) is 1. The van der Waals surface area contributed by atoms with Crippen molar-refractivity contribution in [3.8, 4) is 0 Å². The molecule has 4 heteroatoms. The molecule has 1 atom stereocenters. The number of primary amides is 1. The van der Waals surface area contributed by atoms with Crippen molar-refractivity contribution in [3.63, 3.8) is 0 Å². The number of benzene rings is 2. The molecule has 1 amide bonds. The highest BCUT2D eigenvalue weighted by Gasteiger charge is 2.24. The van der Waals surface area contributed by atoms with E-state index in [1.54, 1.807) is 0 Å². The van der Waals surface area contributed by atoms with Crippen LogP contribution < -0.4 is 5.73 Å². The van der Waals surface area contributed by atoms with Crippen LogP contribution in [0.5, 0.6) is 0 Å². The number of amides is 1.